The Morgan fingerprint density at radius 1 is 0.643 bits per heavy atom. The van der Waals surface area contributed by atoms with Crippen LogP contribution < -0.4 is 3.27 Å². The molecule has 0 aromatic heterocycles. The summed E-state index contributed by atoms with van der Waals surface area (Å²) in [4.78, 5) is 0. The topological polar surface area (TPSA) is 0 Å². The fourth-order valence-electron chi connectivity index (χ4n) is 6.79. The number of rotatable bonds is 4. The molecule has 0 fully saturated rings. The molecule has 0 aliphatic heterocycles. The van der Waals surface area contributed by atoms with E-state index in [4.69, 9.17) is 0 Å². The van der Waals surface area contributed by atoms with Crippen molar-refractivity contribution < 1.29 is 21.3 Å². The van der Waals surface area contributed by atoms with Crippen molar-refractivity contribution in [1.82, 2.24) is 0 Å². The van der Waals surface area contributed by atoms with Crippen molar-refractivity contribution in [1.29, 1.82) is 0 Å². The summed E-state index contributed by atoms with van der Waals surface area (Å²) in [6.07, 6.45) is 4.73. The van der Waals surface area contributed by atoms with Gasteiger partial charge < -0.3 is 0 Å². The second-order valence-electron chi connectivity index (χ2n) is 14.4. The molecule has 6 rings (SSSR count). The average molecular weight is 628 g/mol. The van der Waals surface area contributed by atoms with Crippen LogP contribution in [0.25, 0.3) is 11.1 Å². The van der Waals surface area contributed by atoms with Crippen LogP contribution >= 0.6 is 0 Å². The first-order valence-electron chi connectivity index (χ1n) is 15.5. The van der Waals surface area contributed by atoms with Gasteiger partial charge in [0.15, 0.2) is 0 Å². The van der Waals surface area contributed by atoms with Gasteiger partial charge >= 0.3 is 263 Å². The molecule has 0 atom stereocenters. The van der Waals surface area contributed by atoms with Crippen LogP contribution in [0.3, 0.4) is 0 Å². The molecule has 0 nitrogen and oxygen atoms in total. The summed E-state index contributed by atoms with van der Waals surface area (Å²) in [7, 11) is 0. The van der Waals surface area contributed by atoms with Crippen LogP contribution in [0.4, 0.5) is 0 Å². The Morgan fingerprint density at radius 2 is 1.24 bits per heavy atom. The molecule has 212 valence electrons. The Labute approximate surface area is 261 Å². The van der Waals surface area contributed by atoms with Crippen LogP contribution in [0.5, 0.6) is 0 Å². The molecule has 1 heteroatoms. The summed E-state index contributed by atoms with van der Waals surface area (Å²) < 4.78 is 5.03. The Morgan fingerprint density at radius 3 is 1.76 bits per heavy atom. The Bertz CT molecular complexity index is 1720. The second-order valence-corrected chi connectivity index (χ2v) is 20.2. The summed E-state index contributed by atoms with van der Waals surface area (Å²) in [5, 5.41) is 0. The fraction of sp³-hybridized carbons (Fsp3) is 0.293. The first kappa shape index (κ1) is 29.2. The van der Waals surface area contributed by atoms with E-state index in [0.29, 0.717) is 0 Å². The van der Waals surface area contributed by atoms with Gasteiger partial charge in [0, 0.05) is 0 Å². The quantitative estimate of drug-likeness (QED) is 0.186. The van der Waals surface area contributed by atoms with Gasteiger partial charge in [0.2, 0.25) is 0 Å². The number of benzene rings is 4. The van der Waals surface area contributed by atoms with Crippen LogP contribution in [0, 0.1) is 0 Å². The van der Waals surface area contributed by atoms with Crippen molar-refractivity contribution in [2.75, 3.05) is 0 Å². The molecule has 42 heavy (non-hydrogen) atoms. The minimum absolute atomic E-state index is 0.0523. The van der Waals surface area contributed by atoms with Crippen molar-refractivity contribution in [3.8, 4) is 11.1 Å². The van der Waals surface area contributed by atoms with Crippen LogP contribution in [0.15, 0.2) is 111 Å². The van der Waals surface area contributed by atoms with E-state index in [1.807, 2.05) is 0 Å². The molecule has 2 aliphatic rings. The van der Waals surface area contributed by atoms with Gasteiger partial charge in [0.05, 0.1) is 0 Å². The summed E-state index contributed by atoms with van der Waals surface area (Å²) in [5.41, 5.74) is 15.0. The van der Waals surface area contributed by atoms with E-state index in [0.717, 1.165) is 12.8 Å². The number of fused-ring (bicyclic) bond motifs is 3. The number of allylic oxidation sites excluding steroid dienone is 4. The van der Waals surface area contributed by atoms with E-state index in [1.54, 1.807) is 20.9 Å². The molecule has 0 N–H and O–H groups in total. The van der Waals surface area contributed by atoms with Gasteiger partial charge in [0.1, 0.15) is 0 Å². The predicted octanol–water partition coefficient (Wildman–Crippen LogP) is 9.99. The zero-order chi connectivity index (χ0) is 29.8. The van der Waals surface area contributed by atoms with E-state index in [9.17, 15) is 0 Å². The third kappa shape index (κ3) is 5.35. The molecular formula is C41H44Zr. The molecule has 0 spiro atoms. The van der Waals surface area contributed by atoms with Crippen molar-refractivity contribution in [3.63, 3.8) is 0 Å². The van der Waals surface area contributed by atoms with Gasteiger partial charge in [-0.1, -0.05) is 0 Å². The maximum atomic E-state index is 2.58. The van der Waals surface area contributed by atoms with Gasteiger partial charge in [-0.05, 0) is 0 Å². The Hall–Kier alpha value is -2.89. The van der Waals surface area contributed by atoms with Crippen molar-refractivity contribution in [3.05, 3.63) is 145 Å². The van der Waals surface area contributed by atoms with E-state index in [1.165, 1.54) is 44.5 Å². The Balaban J connectivity index is 1.73. The molecule has 0 unspecified atom stereocenters. The monoisotopic (exact) mass is 626 g/mol. The molecule has 0 heterocycles. The number of hydrogen-bond donors (Lipinski definition) is 0. The molecule has 0 saturated heterocycles. The molecule has 0 radical (unpaired) electrons. The first-order valence-corrected chi connectivity index (χ1v) is 19.1. The van der Waals surface area contributed by atoms with E-state index >= 15 is 0 Å². The molecule has 0 saturated carbocycles. The first-order chi connectivity index (χ1) is 19.9. The average Bonchev–Trinajstić information content (AvgIpc) is 3.49. The Kier molecular flexibility index (Phi) is 7.64. The molecule has 4 aromatic rings. The molecular weight excluding hydrogens is 584 g/mol. The standard InChI is InChI=1S/C21H25.C13H10.C7H9.Zr/c1-20(2,3)16-7-9-18-14(12-16)11-15-13-17(21(4,5)6)8-10-19(15)18;1-3-7-12(8-4-1)11-13-9-5-2-6-10-13;1-6-4-3-5-7(6)2;/h7-10,12H,11H2,1-6H3;1-10H;4H,5H2,1-2H3;. The third-order valence-corrected chi connectivity index (χ3v) is 16.9. The van der Waals surface area contributed by atoms with Crippen LogP contribution in [0.2, 0.25) is 0 Å². The third-order valence-electron chi connectivity index (χ3n) is 9.22. The summed E-state index contributed by atoms with van der Waals surface area (Å²) in [6.45, 7) is 18.9. The predicted molar refractivity (Wildman–Crippen MR) is 179 cm³/mol. The molecule has 2 aliphatic carbocycles. The van der Waals surface area contributed by atoms with Gasteiger partial charge in [-0.25, -0.2) is 0 Å². The van der Waals surface area contributed by atoms with Crippen molar-refractivity contribution >= 4 is 6.48 Å². The van der Waals surface area contributed by atoms with E-state index in [2.05, 4.69) is 152 Å². The van der Waals surface area contributed by atoms with E-state index in [-0.39, 0.29) is 10.8 Å². The fourth-order valence-corrected chi connectivity index (χ4v) is 16.3. The zero-order valence-corrected chi connectivity index (χ0v) is 29.1. The van der Waals surface area contributed by atoms with Crippen LogP contribution in [0.1, 0.15) is 95.2 Å². The number of hydrogen-bond acceptors (Lipinski definition) is 0. The van der Waals surface area contributed by atoms with Crippen molar-refractivity contribution in [2.45, 2.75) is 79.1 Å². The van der Waals surface area contributed by atoms with Gasteiger partial charge in [0.25, 0.3) is 0 Å². The normalized spacial score (nSPS) is 14.5. The minimum atomic E-state index is -2.78. The molecule has 0 bridgehead atoms. The van der Waals surface area contributed by atoms with Crippen LogP contribution in [-0.2, 0) is 38.5 Å². The SMILES string of the molecule is CC1=C(C)C[C]([Zr](=[C](c2ccccc2)c2ccccc2)[c]2c(C(C)(C)C)ccc3c2Cc2cc(C(C)(C)C)ccc2-3)=C1. The van der Waals surface area contributed by atoms with Crippen LogP contribution in [-0.4, -0.2) is 3.21 Å². The zero-order valence-electron chi connectivity index (χ0n) is 26.7. The van der Waals surface area contributed by atoms with E-state index < -0.39 is 21.3 Å². The van der Waals surface area contributed by atoms with Crippen molar-refractivity contribution in [2.24, 2.45) is 0 Å². The second kappa shape index (κ2) is 11.0. The summed E-state index contributed by atoms with van der Waals surface area (Å²) >= 11 is -2.78. The van der Waals surface area contributed by atoms with Gasteiger partial charge in [-0.3, -0.25) is 0 Å². The van der Waals surface area contributed by atoms with Gasteiger partial charge in [-0.15, -0.1) is 0 Å². The molecule has 0 amide bonds. The molecule has 4 aromatic carbocycles. The van der Waals surface area contributed by atoms with Gasteiger partial charge in [-0.2, -0.15) is 0 Å². The summed E-state index contributed by atoms with van der Waals surface area (Å²) in [5.74, 6) is 0. The maximum absolute atomic E-state index is 2.78. The summed E-state index contributed by atoms with van der Waals surface area (Å²) in [6, 6.07) is 34.9.